The van der Waals surface area contributed by atoms with Gasteiger partial charge in [-0.1, -0.05) is 25.4 Å². The zero-order valence-corrected chi connectivity index (χ0v) is 12.5. The Balaban J connectivity index is 0.00000256. The number of nitrogens with two attached hydrogens (primary N) is 1. The third-order valence-corrected chi connectivity index (χ3v) is 3.81. The van der Waals surface area contributed by atoms with Crippen LogP contribution in [0.2, 0.25) is 4.34 Å². The summed E-state index contributed by atoms with van der Waals surface area (Å²) in [6.07, 6.45) is 0. The summed E-state index contributed by atoms with van der Waals surface area (Å²) in [5.74, 6) is 0.0196. The Morgan fingerprint density at radius 2 is 2.00 bits per heavy atom. The lowest BCUT2D eigenvalue weighted by atomic mass is 10.0. The van der Waals surface area contributed by atoms with Crippen LogP contribution in [-0.2, 0) is 4.79 Å². The van der Waals surface area contributed by atoms with E-state index in [9.17, 15) is 4.79 Å². The van der Waals surface area contributed by atoms with E-state index in [1.807, 2.05) is 32.9 Å². The second kappa shape index (κ2) is 7.21. The highest BCUT2D eigenvalue weighted by molar-refractivity contribution is 7.16. The van der Waals surface area contributed by atoms with Gasteiger partial charge in [0.05, 0.1) is 16.4 Å². The number of carbonyl (C=O) groups is 1. The fourth-order valence-electron chi connectivity index (χ4n) is 1.24. The first-order valence-corrected chi connectivity index (χ1v) is 6.42. The van der Waals surface area contributed by atoms with Crippen molar-refractivity contribution in [3.63, 3.8) is 0 Å². The molecule has 1 rings (SSSR count). The van der Waals surface area contributed by atoms with Crippen LogP contribution in [0.15, 0.2) is 12.1 Å². The number of amides is 1. The molecule has 1 amide bonds. The molecule has 0 bridgehead atoms. The second-order valence-electron chi connectivity index (χ2n) is 4.14. The highest BCUT2D eigenvalue weighted by atomic mass is 35.5. The van der Waals surface area contributed by atoms with Crippen molar-refractivity contribution in [2.24, 2.45) is 11.7 Å². The quantitative estimate of drug-likeness (QED) is 0.897. The van der Waals surface area contributed by atoms with E-state index in [1.54, 1.807) is 0 Å². The van der Waals surface area contributed by atoms with Crippen molar-refractivity contribution in [3.05, 3.63) is 21.3 Å². The molecule has 1 heterocycles. The Bertz CT molecular complexity index is 368. The minimum Gasteiger partial charge on any atom is -0.347 e. The predicted octanol–water partition coefficient (Wildman–Crippen LogP) is 2.98. The van der Waals surface area contributed by atoms with E-state index in [2.05, 4.69) is 5.32 Å². The van der Waals surface area contributed by atoms with Crippen molar-refractivity contribution in [1.82, 2.24) is 5.32 Å². The molecule has 1 unspecified atom stereocenters. The summed E-state index contributed by atoms with van der Waals surface area (Å²) in [6.45, 7) is 5.78. The molecule has 3 N–H and O–H groups in total. The number of carbonyl (C=O) groups excluding carboxylic acids is 1. The SMILES string of the molecule is CC(NC(=O)[C@@H](N)C(C)C)c1ccc(Cl)s1.Cl. The first-order chi connectivity index (χ1) is 7.41. The Labute approximate surface area is 117 Å². The summed E-state index contributed by atoms with van der Waals surface area (Å²) in [7, 11) is 0. The van der Waals surface area contributed by atoms with Gasteiger partial charge in [0.15, 0.2) is 0 Å². The van der Waals surface area contributed by atoms with E-state index in [-0.39, 0.29) is 30.3 Å². The maximum atomic E-state index is 11.7. The molecule has 98 valence electrons. The summed E-state index contributed by atoms with van der Waals surface area (Å²) in [4.78, 5) is 12.7. The lowest BCUT2D eigenvalue weighted by Gasteiger charge is -2.18. The maximum Gasteiger partial charge on any atom is 0.237 e. The van der Waals surface area contributed by atoms with E-state index in [4.69, 9.17) is 17.3 Å². The third-order valence-electron chi connectivity index (χ3n) is 2.40. The van der Waals surface area contributed by atoms with Crippen LogP contribution in [0.1, 0.15) is 31.7 Å². The first-order valence-electron chi connectivity index (χ1n) is 5.23. The topological polar surface area (TPSA) is 55.1 Å². The van der Waals surface area contributed by atoms with Gasteiger partial charge in [-0.3, -0.25) is 4.79 Å². The number of thiophene rings is 1. The standard InChI is InChI=1S/C11H17ClN2OS.ClH/c1-6(2)10(13)11(15)14-7(3)8-4-5-9(12)16-8;/h4-7,10H,13H2,1-3H3,(H,14,15);1H/t7?,10-;/m0./s1. The van der Waals surface area contributed by atoms with Gasteiger partial charge in [-0.25, -0.2) is 0 Å². The molecule has 0 radical (unpaired) electrons. The number of rotatable bonds is 4. The van der Waals surface area contributed by atoms with E-state index >= 15 is 0 Å². The molecule has 2 atom stereocenters. The molecule has 0 spiro atoms. The molecular formula is C11H18Cl2N2OS. The van der Waals surface area contributed by atoms with Crippen molar-refractivity contribution < 1.29 is 4.79 Å². The number of hydrogen-bond donors (Lipinski definition) is 2. The fraction of sp³-hybridized carbons (Fsp3) is 0.545. The van der Waals surface area contributed by atoms with Gasteiger partial charge in [0.1, 0.15) is 0 Å². The van der Waals surface area contributed by atoms with Gasteiger partial charge >= 0.3 is 0 Å². The van der Waals surface area contributed by atoms with E-state index in [1.165, 1.54) is 11.3 Å². The average molecular weight is 297 g/mol. The fourth-order valence-corrected chi connectivity index (χ4v) is 2.31. The Hall–Kier alpha value is -0.290. The lowest BCUT2D eigenvalue weighted by Crippen LogP contribution is -2.44. The van der Waals surface area contributed by atoms with Crippen LogP contribution < -0.4 is 11.1 Å². The van der Waals surface area contributed by atoms with Gasteiger partial charge in [0, 0.05) is 4.88 Å². The van der Waals surface area contributed by atoms with E-state index in [0.717, 1.165) is 9.21 Å². The van der Waals surface area contributed by atoms with Gasteiger partial charge in [0.25, 0.3) is 0 Å². The minimum absolute atomic E-state index is 0. The molecule has 3 nitrogen and oxygen atoms in total. The van der Waals surface area contributed by atoms with Crippen molar-refractivity contribution in [2.45, 2.75) is 32.9 Å². The summed E-state index contributed by atoms with van der Waals surface area (Å²) in [6, 6.07) is 3.23. The van der Waals surface area contributed by atoms with E-state index < -0.39 is 6.04 Å². The Morgan fingerprint density at radius 3 is 2.41 bits per heavy atom. The van der Waals surface area contributed by atoms with Gasteiger partial charge < -0.3 is 11.1 Å². The molecule has 17 heavy (non-hydrogen) atoms. The average Bonchev–Trinajstić information content (AvgIpc) is 2.63. The van der Waals surface area contributed by atoms with Crippen LogP contribution in [0.25, 0.3) is 0 Å². The monoisotopic (exact) mass is 296 g/mol. The van der Waals surface area contributed by atoms with Gasteiger partial charge in [-0.2, -0.15) is 0 Å². The van der Waals surface area contributed by atoms with Crippen LogP contribution in [0.3, 0.4) is 0 Å². The van der Waals surface area contributed by atoms with Crippen LogP contribution in [-0.4, -0.2) is 11.9 Å². The van der Waals surface area contributed by atoms with Crippen molar-refractivity contribution in [3.8, 4) is 0 Å². The molecular weight excluding hydrogens is 279 g/mol. The van der Waals surface area contributed by atoms with Gasteiger partial charge in [0.2, 0.25) is 5.91 Å². The summed E-state index contributed by atoms with van der Waals surface area (Å²) in [5, 5.41) is 2.88. The van der Waals surface area contributed by atoms with Crippen LogP contribution >= 0.6 is 35.3 Å². The number of nitrogens with one attached hydrogen (secondary N) is 1. The normalized spacial score (nSPS) is 14.0. The maximum absolute atomic E-state index is 11.7. The lowest BCUT2D eigenvalue weighted by molar-refractivity contribution is -0.123. The largest absolute Gasteiger partial charge is 0.347 e. The van der Waals surface area contributed by atoms with Gasteiger partial charge in [-0.15, -0.1) is 23.7 Å². The molecule has 0 saturated carbocycles. The smallest absolute Gasteiger partial charge is 0.237 e. The first kappa shape index (κ1) is 16.7. The molecule has 0 aliphatic heterocycles. The van der Waals surface area contributed by atoms with Crippen molar-refractivity contribution in [2.75, 3.05) is 0 Å². The molecule has 1 aromatic heterocycles. The number of hydrogen-bond acceptors (Lipinski definition) is 3. The molecule has 1 aromatic rings. The van der Waals surface area contributed by atoms with Gasteiger partial charge in [-0.05, 0) is 25.0 Å². The van der Waals surface area contributed by atoms with Crippen LogP contribution in [0.5, 0.6) is 0 Å². The van der Waals surface area contributed by atoms with Crippen LogP contribution in [0, 0.1) is 5.92 Å². The molecule has 0 aliphatic rings. The molecule has 0 aromatic carbocycles. The Kier molecular flexibility index (Phi) is 7.09. The summed E-state index contributed by atoms with van der Waals surface area (Å²) < 4.78 is 0.726. The Morgan fingerprint density at radius 1 is 1.41 bits per heavy atom. The predicted molar refractivity (Wildman–Crippen MR) is 75.9 cm³/mol. The molecule has 6 heteroatoms. The van der Waals surface area contributed by atoms with E-state index in [0.29, 0.717) is 0 Å². The highest BCUT2D eigenvalue weighted by Gasteiger charge is 2.19. The zero-order valence-electron chi connectivity index (χ0n) is 10.1. The zero-order chi connectivity index (χ0) is 12.3. The summed E-state index contributed by atoms with van der Waals surface area (Å²) >= 11 is 7.30. The number of halogens is 2. The van der Waals surface area contributed by atoms with Crippen molar-refractivity contribution in [1.29, 1.82) is 0 Å². The molecule has 0 aliphatic carbocycles. The second-order valence-corrected chi connectivity index (χ2v) is 5.89. The molecule has 0 saturated heterocycles. The molecule has 0 fully saturated rings. The van der Waals surface area contributed by atoms with Crippen molar-refractivity contribution >= 4 is 41.3 Å². The minimum atomic E-state index is -0.460. The third kappa shape index (κ3) is 4.84. The van der Waals surface area contributed by atoms with Crippen LogP contribution in [0.4, 0.5) is 0 Å². The summed E-state index contributed by atoms with van der Waals surface area (Å²) in [5.41, 5.74) is 5.76. The highest BCUT2D eigenvalue weighted by Crippen LogP contribution is 2.26.